The Hall–Kier alpha value is -7.20. The van der Waals surface area contributed by atoms with Crippen molar-refractivity contribution >= 4 is 108 Å². The molecular weight excluding hydrogens is 713 g/mol. The van der Waals surface area contributed by atoms with Crippen molar-refractivity contribution in [3.63, 3.8) is 0 Å². The highest BCUT2D eigenvalue weighted by molar-refractivity contribution is 7.25. The summed E-state index contributed by atoms with van der Waals surface area (Å²) < 4.78 is 15.5. The van der Waals surface area contributed by atoms with E-state index in [0.717, 1.165) is 49.3 Å². The maximum atomic E-state index is 6.50. The zero-order valence-electron chi connectivity index (χ0n) is 30.5. The molecule has 0 bridgehead atoms. The number of thiophene rings is 1. The van der Waals surface area contributed by atoms with Gasteiger partial charge in [-0.15, -0.1) is 11.3 Å². The predicted molar refractivity (Wildman–Crippen MR) is 243 cm³/mol. The number of rotatable bonds is 3. The first-order valence-corrected chi connectivity index (χ1v) is 20.2. The highest BCUT2D eigenvalue weighted by Gasteiger charge is 2.19. The minimum Gasteiger partial charge on any atom is -0.452 e. The molecule has 57 heavy (non-hydrogen) atoms. The molecule has 10 aromatic carbocycles. The average Bonchev–Trinajstić information content (AvgIpc) is 3.95. The number of benzene rings is 10. The third-order valence-corrected chi connectivity index (χ3v) is 13.2. The van der Waals surface area contributed by atoms with Gasteiger partial charge < -0.3 is 8.83 Å². The van der Waals surface area contributed by atoms with Crippen molar-refractivity contribution in [3.05, 3.63) is 182 Å². The van der Waals surface area contributed by atoms with E-state index in [4.69, 9.17) is 8.83 Å². The lowest BCUT2D eigenvalue weighted by molar-refractivity contribution is 0.633. The summed E-state index contributed by atoms with van der Waals surface area (Å²) in [7, 11) is 0. The molecule has 0 aliphatic heterocycles. The molecule has 0 atom stereocenters. The van der Waals surface area contributed by atoms with E-state index in [-0.39, 0.29) is 0 Å². The molecule has 3 heterocycles. The second kappa shape index (κ2) is 11.7. The summed E-state index contributed by atoms with van der Waals surface area (Å²) in [6.45, 7) is 0. The van der Waals surface area contributed by atoms with Crippen molar-refractivity contribution in [2.24, 2.45) is 0 Å². The molecule has 0 saturated carbocycles. The Balaban J connectivity index is 0.924. The van der Waals surface area contributed by atoms with Gasteiger partial charge in [-0.3, -0.25) is 0 Å². The quantitative estimate of drug-likeness (QED) is 0.169. The third-order valence-electron chi connectivity index (χ3n) is 12.0. The SMILES string of the molecule is c1ccc2c(c1)oc1c2ccc2c3cc4cc(-c5ccc(-c6c7ccccc7c(-c7ccc8c(c7)sc7ccccc78)c7ccccc67)cc5)ccc4cc3oc21. The number of para-hydroxylation sites is 1. The topological polar surface area (TPSA) is 26.3 Å². The standard InChI is InChI=1S/C54H30O2S/c1-3-13-42-40(11-1)51(41-12-2-4-14-43(41)52(42)35-23-24-39-38-10-6-8-16-49(38)57-50(39)30-35)32-19-17-31(18-20-32)33-21-22-34-29-48-46(28-36(34)27-33)45-26-25-44-37-9-5-7-15-47(37)55-53(44)54(45)56-48/h1-30H. The molecule has 3 aromatic heterocycles. The molecule has 0 saturated heterocycles. The molecule has 0 aliphatic carbocycles. The maximum Gasteiger partial charge on any atom is 0.178 e. The van der Waals surface area contributed by atoms with Crippen LogP contribution in [0.15, 0.2) is 191 Å². The number of fused-ring (bicyclic) bond motifs is 13. The van der Waals surface area contributed by atoms with Crippen LogP contribution in [0.4, 0.5) is 0 Å². The van der Waals surface area contributed by atoms with E-state index >= 15 is 0 Å². The molecule has 13 aromatic rings. The normalized spacial score (nSPS) is 12.2. The Morgan fingerprint density at radius 3 is 1.54 bits per heavy atom. The van der Waals surface area contributed by atoms with E-state index in [2.05, 4.69) is 164 Å². The van der Waals surface area contributed by atoms with E-state index in [1.807, 2.05) is 29.5 Å². The third kappa shape index (κ3) is 4.52. The van der Waals surface area contributed by atoms with E-state index in [1.165, 1.54) is 80.5 Å². The summed E-state index contributed by atoms with van der Waals surface area (Å²) in [6, 6.07) is 66.4. The van der Waals surface area contributed by atoms with Crippen LogP contribution in [0.3, 0.4) is 0 Å². The number of hydrogen-bond donors (Lipinski definition) is 0. The molecule has 0 radical (unpaired) electrons. The molecule has 0 unspecified atom stereocenters. The highest BCUT2D eigenvalue weighted by Crippen LogP contribution is 2.46. The van der Waals surface area contributed by atoms with Crippen LogP contribution in [0.1, 0.15) is 0 Å². The van der Waals surface area contributed by atoms with Crippen LogP contribution < -0.4 is 0 Å². The summed E-state index contributed by atoms with van der Waals surface area (Å²) in [5, 5.41) is 14.4. The summed E-state index contributed by atoms with van der Waals surface area (Å²) in [5.41, 5.74) is 10.7. The average molecular weight is 743 g/mol. The van der Waals surface area contributed by atoms with E-state index < -0.39 is 0 Å². The van der Waals surface area contributed by atoms with Gasteiger partial charge in [0.05, 0.1) is 0 Å². The van der Waals surface area contributed by atoms with Gasteiger partial charge in [-0.25, -0.2) is 0 Å². The smallest absolute Gasteiger partial charge is 0.178 e. The lowest BCUT2D eigenvalue weighted by atomic mass is 9.85. The van der Waals surface area contributed by atoms with Crippen molar-refractivity contribution in [2.75, 3.05) is 0 Å². The maximum absolute atomic E-state index is 6.50. The van der Waals surface area contributed by atoms with Crippen molar-refractivity contribution in [1.82, 2.24) is 0 Å². The van der Waals surface area contributed by atoms with Crippen LogP contribution >= 0.6 is 11.3 Å². The molecule has 0 aliphatic rings. The van der Waals surface area contributed by atoms with Gasteiger partial charge in [0.15, 0.2) is 11.2 Å². The first-order valence-electron chi connectivity index (χ1n) is 19.4. The van der Waals surface area contributed by atoms with Crippen LogP contribution in [-0.4, -0.2) is 0 Å². The lowest BCUT2D eigenvalue weighted by Gasteiger charge is -2.18. The predicted octanol–water partition coefficient (Wildman–Crippen LogP) is 16.3. The summed E-state index contributed by atoms with van der Waals surface area (Å²) in [4.78, 5) is 0. The van der Waals surface area contributed by atoms with Crippen molar-refractivity contribution in [1.29, 1.82) is 0 Å². The van der Waals surface area contributed by atoms with Gasteiger partial charge in [0, 0.05) is 41.7 Å². The van der Waals surface area contributed by atoms with Crippen LogP contribution in [0, 0.1) is 0 Å². The van der Waals surface area contributed by atoms with Crippen molar-refractivity contribution in [3.8, 4) is 33.4 Å². The molecule has 2 nitrogen and oxygen atoms in total. The second-order valence-electron chi connectivity index (χ2n) is 15.2. The summed E-state index contributed by atoms with van der Waals surface area (Å²) in [6.07, 6.45) is 0. The van der Waals surface area contributed by atoms with Gasteiger partial charge in [-0.2, -0.15) is 0 Å². The number of furan rings is 2. The molecule has 13 rings (SSSR count). The largest absolute Gasteiger partial charge is 0.452 e. The zero-order valence-corrected chi connectivity index (χ0v) is 31.4. The van der Waals surface area contributed by atoms with Gasteiger partial charge in [-0.1, -0.05) is 133 Å². The van der Waals surface area contributed by atoms with Gasteiger partial charge in [0.1, 0.15) is 11.2 Å². The Morgan fingerprint density at radius 2 is 0.807 bits per heavy atom. The zero-order chi connectivity index (χ0) is 37.2. The van der Waals surface area contributed by atoms with Gasteiger partial charge >= 0.3 is 0 Å². The molecular formula is C54H30O2S. The molecule has 0 spiro atoms. The van der Waals surface area contributed by atoms with Crippen molar-refractivity contribution < 1.29 is 8.83 Å². The molecule has 0 N–H and O–H groups in total. The van der Waals surface area contributed by atoms with Crippen LogP contribution in [0.2, 0.25) is 0 Å². The Bertz CT molecular complexity index is 3750. The van der Waals surface area contributed by atoms with Gasteiger partial charge in [-0.05, 0) is 114 Å². The van der Waals surface area contributed by atoms with Crippen LogP contribution in [0.5, 0.6) is 0 Å². The highest BCUT2D eigenvalue weighted by atomic mass is 32.1. The van der Waals surface area contributed by atoms with E-state index in [1.54, 1.807) is 0 Å². The monoisotopic (exact) mass is 742 g/mol. The van der Waals surface area contributed by atoms with E-state index in [9.17, 15) is 0 Å². The molecule has 3 heteroatoms. The summed E-state index contributed by atoms with van der Waals surface area (Å²) >= 11 is 1.88. The van der Waals surface area contributed by atoms with Gasteiger partial charge in [0.2, 0.25) is 0 Å². The van der Waals surface area contributed by atoms with Gasteiger partial charge in [0.25, 0.3) is 0 Å². The molecule has 0 amide bonds. The van der Waals surface area contributed by atoms with Crippen LogP contribution in [-0.2, 0) is 0 Å². The summed E-state index contributed by atoms with van der Waals surface area (Å²) in [5.74, 6) is 0. The fraction of sp³-hybridized carbons (Fsp3) is 0. The van der Waals surface area contributed by atoms with Crippen LogP contribution in [0.25, 0.3) is 130 Å². The minimum atomic E-state index is 0.801. The first kappa shape index (κ1) is 31.1. The Morgan fingerprint density at radius 1 is 0.281 bits per heavy atom. The lowest BCUT2D eigenvalue weighted by Crippen LogP contribution is -1.91. The first-order chi connectivity index (χ1) is 28.2. The molecule has 0 fully saturated rings. The molecule has 264 valence electrons. The minimum absolute atomic E-state index is 0.801. The number of hydrogen-bond acceptors (Lipinski definition) is 3. The Labute approximate surface area is 330 Å². The fourth-order valence-corrected chi connectivity index (χ4v) is 10.5. The van der Waals surface area contributed by atoms with E-state index in [0.29, 0.717) is 0 Å². The fourth-order valence-electron chi connectivity index (χ4n) is 9.40. The second-order valence-corrected chi connectivity index (χ2v) is 16.2. The van der Waals surface area contributed by atoms with Crippen molar-refractivity contribution in [2.45, 2.75) is 0 Å². The Kier molecular flexibility index (Phi) is 6.35.